The summed E-state index contributed by atoms with van der Waals surface area (Å²) in [5.41, 5.74) is 3.05. The van der Waals surface area contributed by atoms with Crippen molar-refractivity contribution in [1.82, 2.24) is 4.90 Å². The van der Waals surface area contributed by atoms with Gasteiger partial charge in [-0.05, 0) is 110 Å². The number of nitrogens with zero attached hydrogens (tertiary/aromatic N) is 1. The fourth-order valence-corrected chi connectivity index (χ4v) is 10.8. The lowest BCUT2D eigenvalue weighted by atomic mass is 9.46. The molecular formula is C29H47N. The first-order chi connectivity index (χ1) is 14.4. The first-order valence-electron chi connectivity index (χ1n) is 13.8. The molecular weight excluding hydrogens is 362 g/mol. The van der Waals surface area contributed by atoms with Crippen LogP contribution in [0.4, 0.5) is 0 Å². The first kappa shape index (κ1) is 20.3. The summed E-state index contributed by atoms with van der Waals surface area (Å²) >= 11 is 0. The highest BCUT2D eigenvalue weighted by Gasteiger charge is 2.66. The lowest BCUT2D eigenvalue weighted by Crippen LogP contribution is -2.51. The van der Waals surface area contributed by atoms with Gasteiger partial charge in [-0.2, -0.15) is 0 Å². The van der Waals surface area contributed by atoms with Crippen molar-refractivity contribution in [2.45, 2.75) is 111 Å². The predicted octanol–water partition coefficient (Wildman–Crippen LogP) is 7.32. The lowest BCUT2D eigenvalue weighted by molar-refractivity contribution is -0.0529. The molecule has 6 rings (SSSR count). The molecule has 3 saturated carbocycles. The highest BCUT2D eigenvalue weighted by Crippen LogP contribution is 2.70. The van der Waals surface area contributed by atoms with E-state index in [0.717, 1.165) is 53.5 Å². The number of allylic oxidation sites excluding steroid dienone is 2. The Morgan fingerprint density at radius 2 is 1.83 bits per heavy atom. The van der Waals surface area contributed by atoms with Crippen LogP contribution in [0.25, 0.3) is 0 Å². The van der Waals surface area contributed by atoms with Crippen molar-refractivity contribution in [3.8, 4) is 0 Å². The SMILES string of the molecule is CCC1CC[C@@]2(C)C(=CCC3C4CC5C([C@H](C)C6CC[C@H](C)CN56)[C@@]4(C)CCC32)C1. The van der Waals surface area contributed by atoms with Gasteiger partial charge in [0, 0.05) is 18.6 Å². The molecule has 0 bridgehead atoms. The zero-order chi connectivity index (χ0) is 20.8. The second-order valence-corrected chi connectivity index (χ2v) is 13.5. The van der Waals surface area contributed by atoms with Crippen LogP contribution < -0.4 is 0 Å². The van der Waals surface area contributed by atoms with Crippen LogP contribution in [-0.4, -0.2) is 23.5 Å². The normalized spacial score (nSPS) is 57.6. The minimum atomic E-state index is 0.543. The summed E-state index contributed by atoms with van der Waals surface area (Å²) in [6.45, 7) is 14.4. The Morgan fingerprint density at radius 1 is 1.00 bits per heavy atom. The molecule has 4 aliphatic carbocycles. The molecule has 5 fully saturated rings. The second-order valence-electron chi connectivity index (χ2n) is 13.5. The molecule has 0 aromatic carbocycles. The van der Waals surface area contributed by atoms with Crippen LogP contribution in [0.3, 0.4) is 0 Å². The highest BCUT2D eigenvalue weighted by atomic mass is 15.2. The maximum Gasteiger partial charge on any atom is 0.0138 e. The van der Waals surface area contributed by atoms with Gasteiger partial charge < -0.3 is 0 Å². The van der Waals surface area contributed by atoms with E-state index >= 15 is 0 Å². The molecule has 1 nitrogen and oxygen atoms in total. The molecule has 0 radical (unpaired) electrons. The molecule has 0 amide bonds. The van der Waals surface area contributed by atoms with Gasteiger partial charge in [0.2, 0.25) is 0 Å². The molecule has 1 heteroatoms. The van der Waals surface area contributed by atoms with E-state index in [-0.39, 0.29) is 0 Å². The van der Waals surface area contributed by atoms with Gasteiger partial charge in [-0.3, -0.25) is 4.90 Å². The molecule has 0 N–H and O–H groups in total. The molecule has 6 aliphatic rings. The predicted molar refractivity (Wildman–Crippen MR) is 126 cm³/mol. The fraction of sp³-hybridized carbons (Fsp3) is 0.931. The van der Waals surface area contributed by atoms with E-state index in [1.165, 1.54) is 70.8 Å². The maximum absolute atomic E-state index is 3.06. The Balaban J connectivity index is 1.31. The number of fused-ring (bicyclic) bond motifs is 9. The number of piperidine rings is 1. The lowest BCUT2D eigenvalue weighted by Gasteiger charge is -2.58. The molecule has 7 unspecified atom stereocenters. The third-order valence-electron chi connectivity index (χ3n) is 12.4. The van der Waals surface area contributed by atoms with Crippen molar-refractivity contribution in [1.29, 1.82) is 0 Å². The van der Waals surface area contributed by atoms with Crippen molar-refractivity contribution in [2.75, 3.05) is 6.54 Å². The highest BCUT2D eigenvalue weighted by molar-refractivity contribution is 5.26. The Bertz CT molecular complexity index is 724. The van der Waals surface area contributed by atoms with E-state index < -0.39 is 0 Å². The van der Waals surface area contributed by atoms with Crippen molar-refractivity contribution in [3.63, 3.8) is 0 Å². The summed E-state index contributed by atoms with van der Waals surface area (Å²) in [7, 11) is 0. The smallest absolute Gasteiger partial charge is 0.0138 e. The Hall–Kier alpha value is -0.300. The van der Waals surface area contributed by atoms with Crippen molar-refractivity contribution < 1.29 is 0 Å². The minimum absolute atomic E-state index is 0.543. The monoisotopic (exact) mass is 409 g/mol. The van der Waals surface area contributed by atoms with Crippen molar-refractivity contribution in [3.05, 3.63) is 11.6 Å². The van der Waals surface area contributed by atoms with Gasteiger partial charge in [0.05, 0.1) is 0 Å². The average molecular weight is 410 g/mol. The molecule has 0 aromatic heterocycles. The summed E-state index contributed by atoms with van der Waals surface area (Å²) in [6, 6.07) is 1.82. The van der Waals surface area contributed by atoms with Gasteiger partial charge in [-0.1, -0.05) is 52.7 Å². The van der Waals surface area contributed by atoms with Crippen LogP contribution in [0.2, 0.25) is 0 Å². The third-order valence-corrected chi connectivity index (χ3v) is 12.4. The van der Waals surface area contributed by atoms with E-state index in [9.17, 15) is 0 Å². The third kappa shape index (κ3) is 2.57. The van der Waals surface area contributed by atoms with E-state index in [4.69, 9.17) is 0 Å². The van der Waals surface area contributed by atoms with Crippen LogP contribution in [0, 0.1) is 52.3 Å². The van der Waals surface area contributed by atoms with Gasteiger partial charge in [0.1, 0.15) is 0 Å². The summed E-state index contributed by atoms with van der Waals surface area (Å²) < 4.78 is 0. The van der Waals surface area contributed by atoms with E-state index in [1.807, 2.05) is 5.57 Å². The Labute approximate surface area is 186 Å². The van der Waals surface area contributed by atoms with Crippen LogP contribution in [0.15, 0.2) is 11.6 Å². The largest absolute Gasteiger partial charge is 0.297 e. The van der Waals surface area contributed by atoms with E-state index in [2.05, 4.69) is 45.6 Å². The molecule has 0 aromatic rings. The van der Waals surface area contributed by atoms with Gasteiger partial charge in [-0.25, -0.2) is 0 Å². The summed E-state index contributed by atoms with van der Waals surface area (Å²) in [4.78, 5) is 3.06. The van der Waals surface area contributed by atoms with Crippen molar-refractivity contribution >= 4 is 0 Å². The van der Waals surface area contributed by atoms with Gasteiger partial charge in [0.15, 0.2) is 0 Å². The van der Waals surface area contributed by atoms with Crippen molar-refractivity contribution in [2.24, 2.45) is 52.3 Å². The molecule has 0 spiro atoms. The van der Waals surface area contributed by atoms with Crippen LogP contribution in [0.1, 0.15) is 98.8 Å². The molecule has 30 heavy (non-hydrogen) atoms. The summed E-state index contributed by atoms with van der Waals surface area (Å²) in [5.74, 6) is 6.76. The second kappa shape index (κ2) is 6.85. The van der Waals surface area contributed by atoms with Crippen LogP contribution >= 0.6 is 0 Å². The van der Waals surface area contributed by atoms with E-state index in [0.29, 0.717) is 10.8 Å². The Morgan fingerprint density at radius 3 is 2.63 bits per heavy atom. The van der Waals surface area contributed by atoms with Gasteiger partial charge in [-0.15, -0.1) is 0 Å². The first-order valence-corrected chi connectivity index (χ1v) is 13.8. The quantitative estimate of drug-likeness (QED) is 0.410. The van der Waals surface area contributed by atoms with E-state index in [1.54, 1.807) is 0 Å². The topological polar surface area (TPSA) is 3.24 Å². The standard InChI is InChI=1S/C29H47N/c1-6-20-11-13-28(4)21(15-20)8-9-22-23(28)12-14-29(5)24(22)16-26-27(29)19(3)25-10-7-18(2)17-30(25)26/h8,18-20,22-27H,6-7,9-17H2,1-5H3/t18-,19+,20?,22?,23?,24?,25?,26?,27?,28-,29-/m0/s1. The fourth-order valence-electron chi connectivity index (χ4n) is 10.8. The maximum atomic E-state index is 3.06. The Kier molecular flexibility index (Phi) is 4.64. The number of hydrogen-bond donors (Lipinski definition) is 0. The molecule has 168 valence electrons. The average Bonchev–Trinajstić information content (AvgIpc) is 3.19. The van der Waals surface area contributed by atoms with Crippen LogP contribution in [-0.2, 0) is 0 Å². The molecule has 11 atom stereocenters. The number of hydrogen-bond acceptors (Lipinski definition) is 1. The summed E-state index contributed by atoms with van der Waals surface area (Å²) in [6.07, 6.45) is 17.5. The van der Waals surface area contributed by atoms with Gasteiger partial charge >= 0.3 is 0 Å². The number of rotatable bonds is 1. The molecule has 2 aliphatic heterocycles. The van der Waals surface area contributed by atoms with Gasteiger partial charge in [0.25, 0.3) is 0 Å². The van der Waals surface area contributed by atoms with Crippen LogP contribution in [0.5, 0.6) is 0 Å². The minimum Gasteiger partial charge on any atom is -0.297 e. The zero-order valence-electron chi connectivity index (χ0n) is 20.5. The molecule has 2 heterocycles. The zero-order valence-corrected chi connectivity index (χ0v) is 20.5. The molecule has 2 saturated heterocycles. The summed E-state index contributed by atoms with van der Waals surface area (Å²) in [5, 5.41) is 0.